The Labute approximate surface area is 140 Å². The van der Waals surface area contributed by atoms with Crippen LogP contribution in [0.5, 0.6) is 0 Å². The summed E-state index contributed by atoms with van der Waals surface area (Å²) >= 11 is 6.07. The summed E-state index contributed by atoms with van der Waals surface area (Å²) in [6.07, 6.45) is 3.36. The molecule has 23 heavy (non-hydrogen) atoms. The summed E-state index contributed by atoms with van der Waals surface area (Å²) in [5.74, 6) is -0.488. The molecule has 0 radical (unpaired) electrons. The van der Waals surface area contributed by atoms with E-state index in [1.54, 1.807) is 6.07 Å². The van der Waals surface area contributed by atoms with E-state index in [0.29, 0.717) is 17.3 Å². The third kappa shape index (κ3) is 3.67. The van der Waals surface area contributed by atoms with Gasteiger partial charge in [-0.2, -0.15) is 0 Å². The lowest BCUT2D eigenvalue weighted by atomic mass is 9.97. The summed E-state index contributed by atoms with van der Waals surface area (Å²) in [5.41, 5.74) is 1.60. The van der Waals surface area contributed by atoms with Crippen LogP contribution in [0.25, 0.3) is 0 Å². The van der Waals surface area contributed by atoms with Crippen LogP contribution < -0.4 is 5.32 Å². The van der Waals surface area contributed by atoms with Gasteiger partial charge in [0.2, 0.25) is 5.91 Å². The number of morpholine rings is 1. The summed E-state index contributed by atoms with van der Waals surface area (Å²) in [6, 6.07) is 5.16. The van der Waals surface area contributed by atoms with Crippen LogP contribution in [0.15, 0.2) is 18.2 Å². The number of fused-ring (bicyclic) bond motifs is 1. The minimum Gasteiger partial charge on any atom is -0.463 e. The van der Waals surface area contributed by atoms with Crippen LogP contribution in [0.1, 0.15) is 31.2 Å². The molecule has 0 spiro atoms. The van der Waals surface area contributed by atoms with Crippen molar-refractivity contribution in [1.29, 1.82) is 0 Å². The third-order valence-corrected chi connectivity index (χ3v) is 5.00. The maximum absolute atomic E-state index is 12.3. The maximum Gasteiger partial charge on any atom is 0.323 e. The molecule has 2 aliphatic heterocycles. The van der Waals surface area contributed by atoms with E-state index in [4.69, 9.17) is 16.3 Å². The van der Waals surface area contributed by atoms with E-state index >= 15 is 0 Å². The number of benzene rings is 1. The molecule has 5 nitrogen and oxygen atoms in total. The molecule has 2 aliphatic rings. The Morgan fingerprint density at radius 2 is 2.26 bits per heavy atom. The lowest BCUT2D eigenvalue weighted by Gasteiger charge is -2.43. The first kappa shape index (κ1) is 16.3. The number of hydrogen-bond acceptors (Lipinski definition) is 4. The van der Waals surface area contributed by atoms with Crippen LogP contribution in [0.3, 0.4) is 0 Å². The highest BCUT2D eigenvalue weighted by Crippen LogP contribution is 2.26. The maximum atomic E-state index is 12.3. The molecular formula is C17H21ClN2O3. The Kier molecular flexibility index (Phi) is 4.87. The molecule has 6 heteroatoms. The Balaban J connectivity index is 1.65. The zero-order chi connectivity index (χ0) is 16.4. The number of esters is 1. The first-order valence-electron chi connectivity index (χ1n) is 8.03. The van der Waals surface area contributed by atoms with Crippen molar-refractivity contribution in [3.05, 3.63) is 28.8 Å². The summed E-state index contributed by atoms with van der Waals surface area (Å²) in [5, 5.41) is 3.42. The molecule has 2 atom stereocenters. The van der Waals surface area contributed by atoms with E-state index in [0.717, 1.165) is 31.4 Å². The molecule has 2 fully saturated rings. The minimum absolute atomic E-state index is 0.112. The number of piperidine rings is 1. The minimum atomic E-state index is -0.477. The highest BCUT2D eigenvalue weighted by Gasteiger charge is 2.40. The largest absolute Gasteiger partial charge is 0.463 e. The number of anilines is 1. The monoisotopic (exact) mass is 336 g/mol. The molecule has 1 aromatic carbocycles. The average molecular weight is 337 g/mol. The van der Waals surface area contributed by atoms with E-state index in [-0.39, 0.29) is 24.3 Å². The molecule has 2 heterocycles. The van der Waals surface area contributed by atoms with Crippen molar-refractivity contribution in [3.8, 4) is 0 Å². The quantitative estimate of drug-likeness (QED) is 0.862. The predicted octanol–water partition coefficient (Wildman–Crippen LogP) is 2.76. The van der Waals surface area contributed by atoms with Gasteiger partial charge in [-0.3, -0.25) is 14.5 Å². The number of ether oxygens (including phenoxy) is 1. The van der Waals surface area contributed by atoms with Gasteiger partial charge in [-0.05, 0) is 44.0 Å². The number of rotatable bonds is 3. The molecule has 0 aliphatic carbocycles. The second-order valence-corrected chi connectivity index (χ2v) is 6.66. The highest BCUT2D eigenvalue weighted by atomic mass is 35.5. The average Bonchev–Trinajstić information content (AvgIpc) is 2.54. The van der Waals surface area contributed by atoms with Gasteiger partial charge in [0.1, 0.15) is 12.6 Å². The fraction of sp³-hybridized carbons (Fsp3) is 0.529. The summed E-state index contributed by atoms with van der Waals surface area (Å²) in [6.45, 7) is 3.21. The lowest BCUT2D eigenvalue weighted by molar-refractivity contribution is -0.165. The van der Waals surface area contributed by atoms with Gasteiger partial charge >= 0.3 is 5.97 Å². The molecule has 0 unspecified atom stereocenters. The van der Waals surface area contributed by atoms with Gasteiger partial charge in [0.25, 0.3) is 0 Å². The summed E-state index contributed by atoms with van der Waals surface area (Å²) < 4.78 is 5.26. The number of carbonyl (C=O) groups excluding carboxylic acids is 2. The standard InChI is InChI=1S/C17H21ClN2O3/c1-11-5-6-12(8-14(11)18)19-16(21)9-15-17(22)23-10-13-4-2-3-7-20(13)15/h5-6,8,13,15H,2-4,7,9-10H2,1H3,(H,19,21)/t13-,15+/m0/s1. The fourth-order valence-corrected chi connectivity index (χ4v) is 3.46. The molecule has 1 aromatic rings. The topological polar surface area (TPSA) is 58.6 Å². The number of nitrogens with zero attached hydrogens (tertiary/aromatic N) is 1. The molecule has 0 saturated carbocycles. The smallest absolute Gasteiger partial charge is 0.323 e. The van der Waals surface area contributed by atoms with Crippen molar-refractivity contribution >= 4 is 29.2 Å². The first-order chi connectivity index (χ1) is 11.0. The van der Waals surface area contributed by atoms with Gasteiger partial charge in [-0.1, -0.05) is 24.1 Å². The van der Waals surface area contributed by atoms with Crippen molar-refractivity contribution in [1.82, 2.24) is 4.90 Å². The number of cyclic esters (lactones) is 1. The Hall–Kier alpha value is -1.59. The van der Waals surface area contributed by atoms with Crippen molar-refractivity contribution in [2.24, 2.45) is 0 Å². The van der Waals surface area contributed by atoms with Crippen molar-refractivity contribution in [2.75, 3.05) is 18.5 Å². The molecule has 0 aromatic heterocycles. The fourth-order valence-electron chi connectivity index (χ4n) is 3.28. The number of aryl methyl sites for hydroxylation is 1. The summed E-state index contributed by atoms with van der Waals surface area (Å²) in [4.78, 5) is 26.5. The predicted molar refractivity (Wildman–Crippen MR) is 88.5 cm³/mol. The number of nitrogens with one attached hydrogen (secondary N) is 1. The van der Waals surface area contributed by atoms with Gasteiger partial charge in [0, 0.05) is 16.8 Å². The van der Waals surface area contributed by atoms with Gasteiger partial charge < -0.3 is 10.1 Å². The van der Waals surface area contributed by atoms with Crippen molar-refractivity contribution in [3.63, 3.8) is 0 Å². The van der Waals surface area contributed by atoms with Crippen LogP contribution >= 0.6 is 11.6 Å². The van der Waals surface area contributed by atoms with Crippen LogP contribution in [-0.2, 0) is 14.3 Å². The Bertz CT molecular complexity index is 620. The van der Waals surface area contributed by atoms with Gasteiger partial charge in [-0.15, -0.1) is 0 Å². The van der Waals surface area contributed by atoms with E-state index in [2.05, 4.69) is 10.2 Å². The van der Waals surface area contributed by atoms with Crippen LogP contribution in [-0.4, -0.2) is 42.0 Å². The number of halogens is 1. The highest BCUT2D eigenvalue weighted by molar-refractivity contribution is 6.31. The van der Waals surface area contributed by atoms with E-state index in [1.807, 2.05) is 19.1 Å². The third-order valence-electron chi connectivity index (χ3n) is 4.60. The van der Waals surface area contributed by atoms with Crippen molar-refractivity contribution < 1.29 is 14.3 Å². The van der Waals surface area contributed by atoms with E-state index in [9.17, 15) is 9.59 Å². The molecule has 3 rings (SSSR count). The van der Waals surface area contributed by atoms with Gasteiger partial charge in [0.15, 0.2) is 0 Å². The molecule has 1 N–H and O–H groups in total. The second-order valence-electron chi connectivity index (χ2n) is 6.25. The zero-order valence-corrected chi connectivity index (χ0v) is 13.9. The first-order valence-corrected chi connectivity index (χ1v) is 8.41. The number of carbonyl (C=O) groups is 2. The van der Waals surface area contributed by atoms with Gasteiger partial charge in [0.05, 0.1) is 6.42 Å². The number of hydrogen-bond donors (Lipinski definition) is 1. The molecular weight excluding hydrogens is 316 g/mol. The zero-order valence-electron chi connectivity index (χ0n) is 13.2. The van der Waals surface area contributed by atoms with Crippen LogP contribution in [0.4, 0.5) is 5.69 Å². The lowest BCUT2D eigenvalue weighted by Crippen LogP contribution is -2.57. The Morgan fingerprint density at radius 3 is 3.04 bits per heavy atom. The van der Waals surface area contributed by atoms with E-state index in [1.165, 1.54) is 0 Å². The van der Waals surface area contributed by atoms with Crippen molar-refractivity contribution in [2.45, 2.75) is 44.7 Å². The van der Waals surface area contributed by atoms with E-state index < -0.39 is 6.04 Å². The number of amides is 1. The molecule has 1 amide bonds. The normalized spacial score (nSPS) is 24.7. The SMILES string of the molecule is Cc1ccc(NC(=O)C[C@@H]2C(=O)OC[C@@H]3CCCCN32)cc1Cl. The van der Waals surface area contributed by atoms with Crippen LogP contribution in [0.2, 0.25) is 5.02 Å². The van der Waals surface area contributed by atoms with Crippen LogP contribution in [0, 0.1) is 6.92 Å². The molecule has 124 valence electrons. The Morgan fingerprint density at radius 1 is 1.43 bits per heavy atom. The summed E-state index contributed by atoms with van der Waals surface area (Å²) in [7, 11) is 0. The second kappa shape index (κ2) is 6.89. The van der Waals surface area contributed by atoms with Gasteiger partial charge in [-0.25, -0.2) is 0 Å². The molecule has 0 bridgehead atoms. The molecule has 2 saturated heterocycles.